The molecule has 2 amide bonds. The van der Waals surface area contributed by atoms with Crippen LogP contribution in [0.1, 0.15) is 12.5 Å². The molecular formula is C12H10N6O4. The Hall–Kier alpha value is -3.30. The van der Waals surface area contributed by atoms with Crippen molar-refractivity contribution in [2.45, 2.75) is 12.5 Å². The summed E-state index contributed by atoms with van der Waals surface area (Å²) in [6.07, 6.45) is 1.18. The summed E-state index contributed by atoms with van der Waals surface area (Å²) in [7, 11) is 0. The van der Waals surface area contributed by atoms with Gasteiger partial charge in [0.15, 0.2) is 0 Å². The average molecular weight is 302 g/mol. The molecule has 1 aromatic heterocycles. The van der Waals surface area contributed by atoms with Gasteiger partial charge in [0.25, 0.3) is 11.6 Å². The molecule has 0 radical (unpaired) electrons. The number of carbonyl (C=O) groups is 2. The van der Waals surface area contributed by atoms with Crippen molar-refractivity contribution in [2.75, 3.05) is 10.6 Å². The van der Waals surface area contributed by atoms with Gasteiger partial charge >= 0.3 is 0 Å². The first-order valence-corrected chi connectivity index (χ1v) is 6.29. The van der Waals surface area contributed by atoms with Gasteiger partial charge in [0.05, 0.1) is 11.3 Å². The summed E-state index contributed by atoms with van der Waals surface area (Å²) < 4.78 is 1.34. The smallest absolute Gasteiger partial charge is 0.269 e. The summed E-state index contributed by atoms with van der Waals surface area (Å²) in [4.78, 5) is 37.6. The number of rotatable bonds is 4. The van der Waals surface area contributed by atoms with Gasteiger partial charge < -0.3 is 5.32 Å². The monoisotopic (exact) mass is 302 g/mol. The Morgan fingerprint density at radius 2 is 2.14 bits per heavy atom. The molecule has 1 atom stereocenters. The summed E-state index contributed by atoms with van der Waals surface area (Å²) in [5.41, 5.74) is 0.341. The molecule has 2 aromatic rings. The maximum Gasteiger partial charge on any atom is 0.269 e. The van der Waals surface area contributed by atoms with Crippen molar-refractivity contribution in [1.29, 1.82) is 0 Å². The van der Waals surface area contributed by atoms with E-state index in [4.69, 9.17) is 0 Å². The number of nitro groups is 1. The van der Waals surface area contributed by atoms with Gasteiger partial charge in [0, 0.05) is 17.8 Å². The predicted molar refractivity (Wildman–Crippen MR) is 74.0 cm³/mol. The molecule has 0 saturated carbocycles. The zero-order chi connectivity index (χ0) is 15.7. The van der Waals surface area contributed by atoms with Gasteiger partial charge in [-0.25, -0.2) is 4.68 Å². The molecule has 1 aliphatic rings. The van der Waals surface area contributed by atoms with Crippen LogP contribution in [-0.2, 0) is 9.59 Å². The maximum absolute atomic E-state index is 12.0. The fourth-order valence-corrected chi connectivity index (χ4v) is 2.11. The van der Waals surface area contributed by atoms with Crippen molar-refractivity contribution in [3.8, 4) is 0 Å². The van der Waals surface area contributed by atoms with Crippen LogP contribution in [0.3, 0.4) is 0 Å². The van der Waals surface area contributed by atoms with Crippen LogP contribution in [0.25, 0.3) is 0 Å². The van der Waals surface area contributed by atoms with Crippen LogP contribution < -0.4 is 10.6 Å². The first-order chi connectivity index (χ1) is 10.5. The second kappa shape index (κ2) is 5.24. The van der Waals surface area contributed by atoms with Crippen molar-refractivity contribution >= 4 is 29.1 Å². The lowest BCUT2D eigenvalue weighted by molar-refractivity contribution is -0.384. The normalized spacial score (nSPS) is 16.0. The van der Waals surface area contributed by atoms with Gasteiger partial charge in [-0.15, -0.1) is 0 Å². The van der Waals surface area contributed by atoms with Gasteiger partial charge in [0.2, 0.25) is 11.9 Å². The third-order valence-corrected chi connectivity index (χ3v) is 3.15. The molecule has 0 unspecified atom stereocenters. The van der Waals surface area contributed by atoms with Crippen molar-refractivity contribution in [2.24, 2.45) is 0 Å². The van der Waals surface area contributed by atoms with E-state index >= 15 is 0 Å². The molecule has 0 bridgehead atoms. The number of nitro benzene ring substituents is 1. The van der Waals surface area contributed by atoms with Gasteiger partial charge in [-0.2, -0.15) is 10.1 Å². The van der Waals surface area contributed by atoms with E-state index in [2.05, 4.69) is 20.7 Å². The molecule has 10 nitrogen and oxygen atoms in total. The molecule has 10 heteroatoms. The molecule has 3 rings (SSSR count). The molecular weight excluding hydrogens is 292 g/mol. The summed E-state index contributed by atoms with van der Waals surface area (Å²) in [6.45, 7) is 0. The SMILES string of the molecule is O=C(C[C@@H]1C(=O)Nc2ncnn21)Nc1ccc([N+](=O)[O-])cc1. The van der Waals surface area contributed by atoms with Gasteiger partial charge in [-0.1, -0.05) is 0 Å². The largest absolute Gasteiger partial charge is 0.326 e. The molecule has 0 saturated heterocycles. The predicted octanol–water partition coefficient (Wildman–Crippen LogP) is 0.708. The van der Waals surface area contributed by atoms with Gasteiger partial charge in [0.1, 0.15) is 12.4 Å². The van der Waals surface area contributed by atoms with Crippen LogP contribution in [0.4, 0.5) is 17.3 Å². The molecule has 1 aliphatic heterocycles. The summed E-state index contributed by atoms with van der Waals surface area (Å²) in [6, 6.07) is 4.66. The number of nitrogens with one attached hydrogen (secondary N) is 2. The van der Waals surface area contributed by atoms with E-state index in [1.165, 1.54) is 35.3 Å². The van der Waals surface area contributed by atoms with E-state index < -0.39 is 16.9 Å². The lowest BCUT2D eigenvalue weighted by Crippen LogP contribution is -2.23. The number of hydrogen-bond acceptors (Lipinski definition) is 6. The molecule has 112 valence electrons. The molecule has 1 aromatic carbocycles. The van der Waals surface area contributed by atoms with Crippen LogP contribution in [0.2, 0.25) is 0 Å². The number of nitrogens with zero attached hydrogens (tertiary/aromatic N) is 4. The first-order valence-electron chi connectivity index (χ1n) is 6.29. The number of aromatic nitrogens is 3. The Morgan fingerprint density at radius 1 is 1.41 bits per heavy atom. The van der Waals surface area contributed by atoms with Crippen molar-refractivity contribution in [3.05, 3.63) is 40.7 Å². The van der Waals surface area contributed by atoms with Gasteiger partial charge in [-0.05, 0) is 12.1 Å². The Morgan fingerprint density at radius 3 is 2.82 bits per heavy atom. The minimum atomic E-state index is -0.754. The number of anilines is 2. The van der Waals surface area contributed by atoms with Gasteiger partial charge in [-0.3, -0.25) is 25.0 Å². The summed E-state index contributed by atoms with van der Waals surface area (Å²) in [5.74, 6) is -0.454. The summed E-state index contributed by atoms with van der Waals surface area (Å²) >= 11 is 0. The summed E-state index contributed by atoms with van der Waals surface area (Å²) in [5, 5.41) is 19.5. The van der Waals surface area contributed by atoms with Crippen LogP contribution in [0, 0.1) is 10.1 Å². The first kappa shape index (κ1) is 13.7. The van der Waals surface area contributed by atoms with Crippen molar-refractivity contribution in [3.63, 3.8) is 0 Å². The zero-order valence-electron chi connectivity index (χ0n) is 11.1. The fraction of sp³-hybridized carbons (Fsp3) is 0.167. The number of benzene rings is 1. The number of carbonyl (C=O) groups excluding carboxylic acids is 2. The third-order valence-electron chi connectivity index (χ3n) is 3.15. The van der Waals surface area contributed by atoms with Crippen LogP contribution >= 0.6 is 0 Å². The van der Waals surface area contributed by atoms with E-state index in [1.807, 2.05) is 0 Å². The molecule has 0 aliphatic carbocycles. The highest BCUT2D eigenvalue weighted by Gasteiger charge is 2.33. The highest BCUT2D eigenvalue weighted by Crippen LogP contribution is 2.24. The van der Waals surface area contributed by atoms with Crippen LogP contribution in [0.5, 0.6) is 0 Å². The Balaban J connectivity index is 1.66. The topological polar surface area (TPSA) is 132 Å². The zero-order valence-corrected chi connectivity index (χ0v) is 11.1. The fourth-order valence-electron chi connectivity index (χ4n) is 2.11. The highest BCUT2D eigenvalue weighted by atomic mass is 16.6. The van der Waals surface area contributed by atoms with E-state index in [0.29, 0.717) is 11.6 Å². The van der Waals surface area contributed by atoms with Crippen LogP contribution in [-0.4, -0.2) is 31.5 Å². The van der Waals surface area contributed by atoms with E-state index in [9.17, 15) is 19.7 Å². The Labute approximate surface area is 123 Å². The Bertz CT molecular complexity index is 753. The quantitative estimate of drug-likeness (QED) is 0.631. The van der Waals surface area contributed by atoms with Crippen LogP contribution in [0.15, 0.2) is 30.6 Å². The lowest BCUT2D eigenvalue weighted by Gasteiger charge is -2.09. The number of amides is 2. The standard InChI is InChI=1S/C12H10N6O4/c19-10(15-7-1-3-8(4-2-7)18(21)22)5-9-11(20)16-12-13-6-14-17(9)12/h1-4,6,9H,5H2,(H,15,19)(H,13,14,16,20)/t9-/m1/s1. The lowest BCUT2D eigenvalue weighted by atomic mass is 10.2. The highest BCUT2D eigenvalue weighted by molar-refractivity contribution is 6.00. The Kier molecular flexibility index (Phi) is 3.26. The average Bonchev–Trinajstić information content (AvgIpc) is 3.03. The second-order valence-electron chi connectivity index (χ2n) is 4.59. The molecule has 0 fully saturated rings. The van der Waals surface area contributed by atoms with E-state index in [1.54, 1.807) is 0 Å². The van der Waals surface area contributed by atoms with E-state index in [0.717, 1.165) is 0 Å². The molecule has 2 heterocycles. The number of fused-ring (bicyclic) bond motifs is 1. The molecule has 22 heavy (non-hydrogen) atoms. The molecule has 2 N–H and O–H groups in total. The van der Waals surface area contributed by atoms with Crippen molar-refractivity contribution < 1.29 is 14.5 Å². The maximum atomic E-state index is 12.0. The second-order valence-corrected chi connectivity index (χ2v) is 4.59. The third kappa shape index (κ3) is 2.49. The minimum Gasteiger partial charge on any atom is -0.326 e. The van der Waals surface area contributed by atoms with Crippen molar-refractivity contribution in [1.82, 2.24) is 14.8 Å². The molecule has 0 spiro atoms. The minimum absolute atomic E-state index is 0.0690. The number of hydrogen-bond donors (Lipinski definition) is 2. The number of non-ortho nitro benzene ring substituents is 1. The van der Waals surface area contributed by atoms with E-state index in [-0.39, 0.29) is 18.0 Å².